The van der Waals surface area contributed by atoms with Gasteiger partial charge in [-0.05, 0) is 51.8 Å². The summed E-state index contributed by atoms with van der Waals surface area (Å²) in [5.41, 5.74) is 4.41. The molecule has 1 aliphatic rings. The summed E-state index contributed by atoms with van der Waals surface area (Å²) in [5, 5.41) is 0. The molecule has 134 valence electrons. The number of allylic oxidation sites excluding steroid dienone is 2. The Morgan fingerprint density at radius 1 is 0.962 bits per heavy atom. The number of rotatable bonds is 3. The van der Waals surface area contributed by atoms with E-state index in [1.165, 1.54) is 4.90 Å². The van der Waals surface area contributed by atoms with Crippen molar-refractivity contribution in [2.45, 2.75) is 41.2 Å². The fourth-order valence-corrected chi connectivity index (χ4v) is 3.44. The van der Waals surface area contributed by atoms with Crippen LogP contribution in [0.2, 0.25) is 0 Å². The number of hydrogen-bond donors (Lipinski definition) is 0. The van der Waals surface area contributed by atoms with Crippen LogP contribution in [0.1, 0.15) is 43.4 Å². The van der Waals surface area contributed by atoms with Gasteiger partial charge in [0.2, 0.25) is 0 Å². The lowest BCUT2D eigenvalue weighted by atomic mass is 9.95. The van der Waals surface area contributed by atoms with Crippen molar-refractivity contribution in [1.29, 1.82) is 0 Å². The van der Waals surface area contributed by atoms with Crippen molar-refractivity contribution in [2.75, 3.05) is 0 Å². The Kier molecular flexibility index (Phi) is 4.68. The molecule has 0 bridgehead atoms. The first-order valence-electron chi connectivity index (χ1n) is 8.67. The Morgan fingerprint density at radius 3 is 2.12 bits per heavy atom. The van der Waals surface area contributed by atoms with Gasteiger partial charge in [-0.1, -0.05) is 35.9 Å². The minimum atomic E-state index is -0.245. The van der Waals surface area contributed by atoms with Crippen LogP contribution < -0.4 is 0 Å². The monoisotopic (exact) mass is 349 g/mol. The summed E-state index contributed by atoms with van der Waals surface area (Å²) < 4.78 is 5.62. The van der Waals surface area contributed by atoms with Gasteiger partial charge < -0.3 is 4.42 Å². The first-order valence-corrected chi connectivity index (χ1v) is 8.67. The largest absolute Gasteiger partial charge is 0.466 e. The van der Waals surface area contributed by atoms with E-state index in [0.29, 0.717) is 11.1 Å². The third-order valence-corrected chi connectivity index (χ3v) is 4.67. The van der Waals surface area contributed by atoms with Crippen molar-refractivity contribution in [3.63, 3.8) is 0 Å². The van der Waals surface area contributed by atoms with E-state index in [1.807, 2.05) is 71.0 Å². The van der Waals surface area contributed by atoms with Crippen LogP contribution in [0.5, 0.6) is 0 Å². The summed E-state index contributed by atoms with van der Waals surface area (Å²) in [6, 6.07) is 11.5. The van der Waals surface area contributed by atoms with Gasteiger partial charge in [0, 0.05) is 5.56 Å². The van der Waals surface area contributed by atoms with Crippen molar-refractivity contribution in [3.8, 4) is 0 Å². The summed E-state index contributed by atoms with van der Waals surface area (Å²) in [6.45, 7) is 9.64. The van der Waals surface area contributed by atoms with E-state index in [1.54, 1.807) is 0 Å². The Hall–Kier alpha value is -2.88. The van der Waals surface area contributed by atoms with Gasteiger partial charge >= 0.3 is 0 Å². The van der Waals surface area contributed by atoms with Crippen molar-refractivity contribution >= 4 is 17.4 Å². The zero-order valence-electron chi connectivity index (χ0n) is 15.8. The normalized spacial score (nSPS) is 16.5. The fraction of sp³-hybridized carbons (Fsp3) is 0.273. The molecular weight excluding hydrogens is 326 g/mol. The smallest absolute Gasteiger partial charge is 0.262 e. The quantitative estimate of drug-likeness (QED) is 0.602. The Morgan fingerprint density at radius 2 is 1.58 bits per heavy atom. The van der Waals surface area contributed by atoms with E-state index >= 15 is 0 Å². The van der Waals surface area contributed by atoms with Gasteiger partial charge in [0.1, 0.15) is 11.5 Å². The summed E-state index contributed by atoms with van der Waals surface area (Å²) in [4.78, 5) is 27.5. The second-order valence-electron chi connectivity index (χ2n) is 6.88. The van der Waals surface area contributed by atoms with Crippen LogP contribution in [0.3, 0.4) is 0 Å². The molecular formula is C22H23NO3. The Balaban J connectivity index is 2.11. The lowest BCUT2D eigenvalue weighted by molar-refractivity contribution is -0.137. The molecule has 1 saturated heterocycles. The topological polar surface area (TPSA) is 50.5 Å². The molecule has 4 nitrogen and oxygen atoms in total. The van der Waals surface area contributed by atoms with Gasteiger partial charge in [0.15, 0.2) is 0 Å². The summed E-state index contributed by atoms with van der Waals surface area (Å²) in [6.07, 6.45) is 0. The molecule has 4 heteroatoms. The summed E-state index contributed by atoms with van der Waals surface area (Å²) >= 11 is 0. The number of carbonyl (C=O) groups excluding carboxylic acids is 2. The van der Waals surface area contributed by atoms with E-state index in [0.717, 1.165) is 33.8 Å². The van der Waals surface area contributed by atoms with Crippen molar-refractivity contribution < 1.29 is 14.0 Å². The molecule has 0 aliphatic carbocycles. The average molecular weight is 349 g/mol. The standard InChI is InChI=1S/C22H23NO3/c1-13(2)19-20(15(4)18-11-14(3)26-16(18)5)22(25)23(21(19)24)12-17-9-7-6-8-10-17/h6-11H,12H2,1-5H3/b20-15-. The van der Waals surface area contributed by atoms with Crippen LogP contribution >= 0.6 is 0 Å². The van der Waals surface area contributed by atoms with Crippen LogP contribution in [-0.4, -0.2) is 16.7 Å². The molecule has 1 aromatic carbocycles. The van der Waals surface area contributed by atoms with Gasteiger partial charge in [-0.15, -0.1) is 0 Å². The molecule has 0 spiro atoms. The summed E-state index contributed by atoms with van der Waals surface area (Å²) in [5.74, 6) is 1.06. The number of imide groups is 1. The third kappa shape index (κ3) is 3.03. The Bertz CT molecular complexity index is 941. The molecule has 0 unspecified atom stereocenters. The van der Waals surface area contributed by atoms with Crippen LogP contribution in [-0.2, 0) is 16.1 Å². The lowest BCUT2D eigenvalue weighted by Gasteiger charge is -2.13. The highest BCUT2D eigenvalue weighted by Crippen LogP contribution is 2.36. The highest BCUT2D eigenvalue weighted by molar-refractivity contribution is 6.27. The number of benzene rings is 1. The maximum absolute atomic E-state index is 13.2. The average Bonchev–Trinajstić information content (AvgIpc) is 3.06. The maximum atomic E-state index is 13.2. The van der Waals surface area contributed by atoms with Crippen molar-refractivity contribution in [1.82, 2.24) is 4.90 Å². The molecule has 0 radical (unpaired) electrons. The number of nitrogens with zero attached hydrogens (tertiary/aromatic N) is 1. The van der Waals surface area contributed by atoms with E-state index < -0.39 is 0 Å². The minimum absolute atomic E-state index is 0.230. The molecule has 2 aromatic rings. The molecule has 2 amide bonds. The van der Waals surface area contributed by atoms with Crippen LogP contribution in [0.15, 0.2) is 57.5 Å². The molecule has 1 fully saturated rings. The summed E-state index contributed by atoms with van der Waals surface area (Å²) in [7, 11) is 0. The number of likely N-dealkylation sites (tertiary alicyclic amines) is 1. The van der Waals surface area contributed by atoms with Crippen molar-refractivity contribution in [2.24, 2.45) is 0 Å². The van der Waals surface area contributed by atoms with Crippen LogP contribution in [0.25, 0.3) is 5.57 Å². The van der Waals surface area contributed by atoms with Gasteiger partial charge in [-0.25, -0.2) is 0 Å². The van der Waals surface area contributed by atoms with E-state index in [4.69, 9.17) is 4.42 Å². The predicted molar refractivity (Wildman–Crippen MR) is 101 cm³/mol. The lowest BCUT2D eigenvalue weighted by Crippen LogP contribution is -2.29. The number of aryl methyl sites for hydroxylation is 2. The first kappa shape index (κ1) is 17.9. The minimum Gasteiger partial charge on any atom is -0.466 e. The molecule has 3 rings (SSSR count). The Labute approximate surface area is 153 Å². The fourth-order valence-electron chi connectivity index (χ4n) is 3.44. The van der Waals surface area contributed by atoms with Gasteiger partial charge in [-0.3, -0.25) is 14.5 Å². The number of carbonyl (C=O) groups is 2. The second-order valence-corrected chi connectivity index (χ2v) is 6.88. The maximum Gasteiger partial charge on any atom is 0.262 e. The van der Waals surface area contributed by atoms with Gasteiger partial charge in [-0.2, -0.15) is 0 Å². The molecule has 1 aromatic heterocycles. The van der Waals surface area contributed by atoms with Gasteiger partial charge in [0.25, 0.3) is 11.8 Å². The molecule has 1 aliphatic heterocycles. The van der Waals surface area contributed by atoms with Gasteiger partial charge in [0.05, 0.1) is 17.7 Å². The number of amides is 2. The van der Waals surface area contributed by atoms with Crippen LogP contribution in [0.4, 0.5) is 0 Å². The highest BCUT2D eigenvalue weighted by atomic mass is 16.3. The first-order chi connectivity index (χ1) is 12.3. The number of furan rings is 1. The zero-order valence-corrected chi connectivity index (χ0v) is 15.8. The predicted octanol–water partition coefficient (Wildman–Crippen LogP) is 4.58. The molecule has 0 atom stereocenters. The van der Waals surface area contributed by atoms with E-state index in [9.17, 15) is 9.59 Å². The highest BCUT2D eigenvalue weighted by Gasteiger charge is 2.40. The third-order valence-electron chi connectivity index (χ3n) is 4.67. The molecule has 0 N–H and O–H groups in total. The molecule has 2 heterocycles. The number of hydrogen-bond acceptors (Lipinski definition) is 3. The second kappa shape index (κ2) is 6.79. The van der Waals surface area contributed by atoms with Crippen LogP contribution in [0, 0.1) is 13.8 Å². The van der Waals surface area contributed by atoms with E-state index in [-0.39, 0.29) is 18.4 Å². The zero-order chi connectivity index (χ0) is 19.0. The SMILES string of the molecule is CC(C)=C1C(=O)N(Cc2ccccc2)C(=O)/C1=C(/C)c1cc(C)oc1C. The van der Waals surface area contributed by atoms with E-state index in [2.05, 4.69) is 0 Å². The molecule has 0 saturated carbocycles. The molecule has 26 heavy (non-hydrogen) atoms. The van der Waals surface area contributed by atoms with Crippen molar-refractivity contribution in [3.05, 3.63) is 75.8 Å².